The number of sulfonamides is 1. The van der Waals surface area contributed by atoms with Crippen molar-refractivity contribution in [3.05, 3.63) is 83.4 Å². The molecule has 0 aromatic heterocycles. The Hall–Kier alpha value is -4.18. The second-order valence-corrected chi connectivity index (χ2v) is 9.97. The van der Waals surface area contributed by atoms with E-state index in [0.29, 0.717) is 35.5 Å². The van der Waals surface area contributed by atoms with Crippen LogP contribution < -0.4 is 20.1 Å². The molecule has 0 spiro atoms. The first-order valence-electron chi connectivity index (χ1n) is 10.9. The third-order valence-corrected chi connectivity index (χ3v) is 7.17. The summed E-state index contributed by atoms with van der Waals surface area (Å²) >= 11 is 0. The molecule has 35 heavy (non-hydrogen) atoms. The number of amides is 3. The maximum atomic E-state index is 12.8. The molecule has 3 amide bonds. The molecule has 178 valence electrons. The SMILES string of the molecule is O=C1CCc2cc(S(=O)(=O)NC(=O)c3cccc(NC(=O)C4Cc5ccccc5O4)c3)ccc2N1. The van der Waals surface area contributed by atoms with Gasteiger partial charge in [-0.3, -0.25) is 14.4 Å². The van der Waals surface area contributed by atoms with Crippen molar-refractivity contribution >= 4 is 39.1 Å². The van der Waals surface area contributed by atoms with Crippen LogP contribution >= 0.6 is 0 Å². The van der Waals surface area contributed by atoms with Crippen LogP contribution in [0.1, 0.15) is 27.9 Å². The summed E-state index contributed by atoms with van der Waals surface area (Å²) in [6.07, 6.45) is 0.416. The minimum Gasteiger partial charge on any atom is -0.480 e. The summed E-state index contributed by atoms with van der Waals surface area (Å²) < 4.78 is 33.4. The van der Waals surface area contributed by atoms with Crippen molar-refractivity contribution in [2.45, 2.75) is 30.3 Å². The molecule has 2 heterocycles. The number of nitrogens with one attached hydrogen (secondary N) is 3. The molecule has 10 heteroatoms. The zero-order valence-electron chi connectivity index (χ0n) is 18.4. The Labute approximate surface area is 201 Å². The van der Waals surface area contributed by atoms with Crippen molar-refractivity contribution in [3.8, 4) is 5.75 Å². The molecule has 0 aliphatic carbocycles. The molecule has 1 unspecified atom stereocenters. The summed E-state index contributed by atoms with van der Waals surface area (Å²) in [6, 6.07) is 17.7. The van der Waals surface area contributed by atoms with Crippen molar-refractivity contribution in [3.63, 3.8) is 0 Å². The molecular formula is C25H21N3O6S. The van der Waals surface area contributed by atoms with Gasteiger partial charge in [0.2, 0.25) is 5.91 Å². The number of aryl methyl sites for hydroxylation is 1. The van der Waals surface area contributed by atoms with Gasteiger partial charge in [-0.15, -0.1) is 0 Å². The number of benzene rings is 3. The number of hydrogen-bond acceptors (Lipinski definition) is 6. The van der Waals surface area contributed by atoms with E-state index >= 15 is 0 Å². The van der Waals surface area contributed by atoms with Crippen LogP contribution in [0.25, 0.3) is 0 Å². The monoisotopic (exact) mass is 491 g/mol. The van der Waals surface area contributed by atoms with E-state index in [-0.39, 0.29) is 28.7 Å². The van der Waals surface area contributed by atoms with Crippen LogP contribution in [0.2, 0.25) is 0 Å². The molecule has 0 fully saturated rings. The van der Waals surface area contributed by atoms with Crippen LogP contribution in [0.3, 0.4) is 0 Å². The van der Waals surface area contributed by atoms with Gasteiger partial charge in [-0.1, -0.05) is 24.3 Å². The van der Waals surface area contributed by atoms with Gasteiger partial charge >= 0.3 is 0 Å². The Morgan fingerprint density at radius 2 is 1.77 bits per heavy atom. The highest BCUT2D eigenvalue weighted by Crippen LogP contribution is 2.29. The quantitative estimate of drug-likeness (QED) is 0.503. The van der Waals surface area contributed by atoms with E-state index in [1.807, 2.05) is 18.2 Å². The second-order valence-electron chi connectivity index (χ2n) is 8.29. The van der Waals surface area contributed by atoms with Crippen molar-refractivity contribution < 1.29 is 27.5 Å². The van der Waals surface area contributed by atoms with E-state index in [0.717, 1.165) is 5.56 Å². The van der Waals surface area contributed by atoms with Crippen LogP contribution in [0.4, 0.5) is 11.4 Å². The average molecular weight is 492 g/mol. The van der Waals surface area contributed by atoms with Crippen LogP contribution in [0.5, 0.6) is 5.75 Å². The molecule has 1 atom stereocenters. The first kappa shape index (κ1) is 22.6. The Bertz CT molecular complexity index is 1440. The van der Waals surface area contributed by atoms with Crippen LogP contribution in [0.15, 0.2) is 71.6 Å². The molecule has 2 aliphatic heterocycles. The maximum Gasteiger partial charge on any atom is 0.265 e. The molecule has 9 nitrogen and oxygen atoms in total. The fourth-order valence-corrected chi connectivity index (χ4v) is 5.08. The molecule has 3 aromatic rings. The lowest BCUT2D eigenvalue weighted by Gasteiger charge is -2.17. The summed E-state index contributed by atoms with van der Waals surface area (Å²) in [6.45, 7) is 0. The van der Waals surface area contributed by atoms with E-state index in [1.165, 1.54) is 30.3 Å². The molecule has 0 bridgehead atoms. The molecule has 3 aromatic carbocycles. The van der Waals surface area contributed by atoms with Gasteiger partial charge in [0, 0.05) is 29.8 Å². The number of anilines is 2. The predicted molar refractivity (Wildman–Crippen MR) is 128 cm³/mol. The van der Waals surface area contributed by atoms with Gasteiger partial charge in [0.25, 0.3) is 21.8 Å². The van der Waals surface area contributed by atoms with Crippen LogP contribution in [-0.2, 0) is 32.5 Å². The van der Waals surface area contributed by atoms with E-state index < -0.39 is 22.0 Å². The van der Waals surface area contributed by atoms with Crippen molar-refractivity contribution in [2.24, 2.45) is 0 Å². The van der Waals surface area contributed by atoms with Crippen LogP contribution in [0, 0.1) is 0 Å². The van der Waals surface area contributed by atoms with Gasteiger partial charge in [0.05, 0.1) is 4.90 Å². The molecule has 0 radical (unpaired) electrons. The number of rotatable bonds is 5. The molecule has 3 N–H and O–H groups in total. The number of hydrogen-bond donors (Lipinski definition) is 3. The maximum absolute atomic E-state index is 12.8. The molecule has 0 saturated heterocycles. The Kier molecular flexibility index (Phi) is 5.73. The Balaban J connectivity index is 1.27. The minimum absolute atomic E-state index is 0.0622. The fraction of sp³-hybridized carbons (Fsp3) is 0.160. The van der Waals surface area contributed by atoms with Gasteiger partial charge in [-0.2, -0.15) is 0 Å². The summed E-state index contributed by atoms with van der Waals surface area (Å²) in [5.41, 5.74) is 2.58. The lowest BCUT2D eigenvalue weighted by molar-refractivity contribution is -0.122. The first-order chi connectivity index (χ1) is 16.8. The Morgan fingerprint density at radius 3 is 2.60 bits per heavy atom. The average Bonchev–Trinajstić information content (AvgIpc) is 3.28. The van der Waals surface area contributed by atoms with Crippen molar-refractivity contribution in [2.75, 3.05) is 10.6 Å². The van der Waals surface area contributed by atoms with Gasteiger partial charge < -0.3 is 15.4 Å². The summed E-state index contributed by atoms with van der Waals surface area (Å²) in [4.78, 5) is 36.8. The van der Waals surface area contributed by atoms with Gasteiger partial charge in [0.15, 0.2) is 6.10 Å². The smallest absolute Gasteiger partial charge is 0.265 e. The molecular weight excluding hydrogens is 470 g/mol. The largest absolute Gasteiger partial charge is 0.480 e. The third-order valence-electron chi connectivity index (χ3n) is 5.84. The zero-order chi connectivity index (χ0) is 24.6. The normalized spacial score (nSPS) is 16.3. The zero-order valence-corrected chi connectivity index (χ0v) is 19.2. The fourth-order valence-electron chi connectivity index (χ4n) is 4.06. The summed E-state index contributed by atoms with van der Waals surface area (Å²) in [5.74, 6) is -0.669. The molecule has 5 rings (SSSR count). The van der Waals surface area contributed by atoms with Gasteiger partial charge in [-0.25, -0.2) is 13.1 Å². The van der Waals surface area contributed by atoms with Crippen molar-refractivity contribution in [1.82, 2.24) is 4.72 Å². The lowest BCUT2D eigenvalue weighted by Crippen LogP contribution is -2.32. The number of carbonyl (C=O) groups is 3. The topological polar surface area (TPSA) is 131 Å². The second kappa shape index (κ2) is 8.88. The summed E-state index contributed by atoms with van der Waals surface area (Å²) in [7, 11) is -4.15. The van der Waals surface area contributed by atoms with Crippen LogP contribution in [-0.4, -0.2) is 32.2 Å². The first-order valence-corrected chi connectivity index (χ1v) is 12.4. The van der Waals surface area contributed by atoms with E-state index in [9.17, 15) is 22.8 Å². The Morgan fingerprint density at radius 1 is 0.943 bits per heavy atom. The number of fused-ring (bicyclic) bond motifs is 2. The highest BCUT2D eigenvalue weighted by atomic mass is 32.2. The van der Waals surface area contributed by atoms with E-state index in [4.69, 9.17) is 4.74 Å². The van der Waals surface area contributed by atoms with Gasteiger partial charge in [-0.05, 0) is 60.0 Å². The number of carbonyl (C=O) groups excluding carboxylic acids is 3. The van der Waals surface area contributed by atoms with E-state index in [2.05, 4.69) is 15.4 Å². The number of para-hydroxylation sites is 1. The summed E-state index contributed by atoms with van der Waals surface area (Å²) in [5, 5.41) is 5.41. The lowest BCUT2D eigenvalue weighted by atomic mass is 10.0. The highest BCUT2D eigenvalue weighted by Gasteiger charge is 2.29. The highest BCUT2D eigenvalue weighted by molar-refractivity contribution is 7.90. The number of ether oxygens (including phenoxy) is 1. The standard InChI is InChI=1S/C25H21N3O6S/c29-23-11-8-15-13-19(9-10-20(15)27-23)35(32,33)28-24(30)17-5-3-6-18(12-17)26-25(31)22-14-16-4-1-2-7-21(16)34-22/h1-7,9-10,12-13,22H,8,11,14H2,(H,26,31)(H,27,29)(H,28,30). The molecule has 2 aliphatic rings. The predicted octanol–water partition coefficient (Wildman–Crippen LogP) is 2.63. The third kappa shape index (κ3) is 4.73. The minimum atomic E-state index is -4.15. The molecule has 0 saturated carbocycles. The van der Waals surface area contributed by atoms with E-state index in [1.54, 1.807) is 18.2 Å². The van der Waals surface area contributed by atoms with Gasteiger partial charge in [0.1, 0.15) is 5.75 Å². The van der Waals surface area contributed by atoms with Crippen molar-refractivity contribution in [1.29, 1.82) is 0 Å².